The summed E-state index contributed by atoms with van der Waals surface area (Å²) in [5.41, 5.74) is 1.51. The van der Waals surface area contributed by atoms with Crippen LogP contribution < -0.4 is 5.32 Å². The third-order valence-electron chi connectivity index (χ3n) is 3.96. The van der Waals surface area contributed by atoms with E-state index < -0.39 is 12.0 Å². The summed E-state index contributed by atoms with van der Waals surface area (Å²) < 4.78 is 0. The third-order valence-corrected chi connectivity index (χ3v) is 3.96. The van der Waals surface area contributed by atoms with Gasteiger partial charge in [0.1, 0.15) is 0 Å². The number of amides is 1. The molecule has 112 valence electrons. The number of rotatable bonds is 4. The highest BCUT2D eigenvalue weighted by Crippen LogP contribution is 2.20. The van der Waals surface area contributed by atoms with Crippen molar-refractivity contribution in [3.63, 3.8) is 0 Å². The summed E-state index contributed by atoms with van der Waals surface area (Å²) in [5, 5.41) is 12.5. The van der Waals surface area contributed by atoms with E-state index in [9.17, 15) is 14.7 Å². The molecule has 1 unspecified atom stereocenters. The van der Waals surface area contributed by atoms with Crippen molar-refractivity contribution in [1.29, 1.82) is 0 Å². The fourth-order valence-electron chi connectivity index (χ4n) is 2.69. The number of carbonyl (C=O) groups excluding carboxylic acids is 2. The topological polar surface area (TPSA) is 66.4 Å². The maximum absolute atomic E-state index is 12.5. The van der Waals surface area contributed by atoms with Crippen LogP contribution in [0.15, 0.2) is 35.9 Å². The van der Waals surface area contributed by atoms with Crippen LogP contribution in [0.3, 0.4) is 0 Å². The lowest BCUT2D eigenvalue weighted by atomic mass is 9.98. The molecule has 2 rings (SSSR count). The Hall–Kier alpha value is -1.94. The van der Waals surface area contributed by atoms with Crippen LogP contribution in [-0.4, -0.2) is 28.9 Å². The predicted molar refractivity (Wildman–Crippen MR) is 81.1 cm³/mol. The molecule has 1 aromatic rings. The van der Waals surface area contributed by atoms with E-state index in [2.05, 4.69) is 5.32 Å². The summed E-state index contributed by atoms with van der Waals surface area (Å²) in [7, 11) is 0. The van der Waals surface area contributed by atoms with Gasteiger partial charge in [-0.1, -0.05) is 30.3 Å². The minimum Gasteiger partial charge on any atom is -0.391 e. The van der Waals surface area contributed by atoms with E-state index in [4.69, 9.17) is 0 Å². The summed E-state index contributed by atoms with van der Waals surface area (Å²) in [4.78, 5) is 24.8. The van der Waals surface area contributed by atoms with Gasteiger partial charge in [0.2, 0.25) is 0 Å². The molecular weight excluding hydrogens is 266 g/mol. The Bertz CT molecular complexity index is 577. The molecule has 1 amide bonds. The first-order valence-corrected chi connectivity index (χ1v) is 7.30. The van der Waals surface area contributed by atoms with E-state index >= 15 is 0 Å². The van der Waals surface area contributed by atoms with Crippen LogP contribution in [0.2, 0.25) is 0 Å². The van der Waals surface area contributed by atoms with Gasteiger partial charge in [-0.2, -0.15) is 0 Å². The second kappa shape index (κ2) is 6.68. The number of aliphatic hydroxyl groups is 1. The minimum absolute atomic E-state index is 0.128. The maximum Gasteiger partial charge on any atom is 0.255 e. The van der Waals surface area contributed by atoms with E-state index in [-0.39, 0.29) is 17.4 Å². The molecule has 1 aromatic carbocycles. The number of allylic oxidation sites excluding steroid dienone is 1. The molecule has 0 aliphatic heterocycles. The van der Waals surface area contributed by atoms with Crippen molar-refractivity contribution < 1.29 is 14.7 Å². The number of aliphatic hydroxyl groups excluding tert-OH is 1. The molecule has 0 aromatic heterocycles. The number of hydrogen-bond donors (Lipinski definition) is 2. The molecule has 2 N–H and O–H groups in total. The van der Waals surface area contributed by atoms with Crippen molar-refractivity contribution in [2.75, 3.05) is 0 Å². The second-order valence-corrected chi connectivity index (χ2v) is 5.42. The molecule has 1 aliphatic carbocycles. The molecule has 0 spiro atoms. The lowest BCUT2D eigenvalue weighted by Crippen LogP contribution is -2.41. The van der Waals surface area contributed by atoms with Crippen LogP contribution in [-0.2, 0) is 4.79 Å². The summed E-state index contributed by atoms with van der Waals surface area (Å²) in [6, 6.07) is 6.96. The molecule has 0 saturated heterocycles. The summed E-state index contributed by atoms with van der Waals surface area (Å²) in [6.07, 6.45) is 3.36. The summed E-state index contributed by atoms with van der Waals surface area (Å²) >= 11 is 0. The van der Waals surface area contributed by atoms with Crippen LogP contribution in [0, 0.1) is 6.92 Å². The van der Waals surface area contributed by atoms with Crippen molar-refractivity contribution in [3.05, 3.63) is 47.0 Å². The zero-order chi connectivity index (χ0) is 15.4. The fraction of sp³-hybridized carbons (Fsp3) is 0.412. The number of carbonyl (C=O) groups is 2. The van der Waals surface area contributed by atoms with Gasteiger partial charge in [0.25, 0.3) is 5.91 Å². The predicted octanol–water partition coefficient (Wildman–Crippen LogP) is 2.15. The van der Waals surface area contributed by atoms with Crippen LogP contribution in [0.1, 0.15) is 42.1 Å². The van der Waals surface area contributed by atoms with Gasteiger partial charge in [-0.3, -0.25) is 9.59 Å². The summed E-state index contributed by atoms with van der Waals surface area (Å²) in [6.45, 7) is 3.52. The first kappa shape index (κ1) is 15.4. The number of benzene rings is 1. The molecule has 4 nitrogen and oxygen atoms in total. The smallest absolute Gasteiger partial charge is 0.255 e. The van der Waals surface area contributed by atoms with Gasteiger partial charge >= 0.3 is 0 Å². The Labute approximate surface area is 124 Å². The lowest BCUT2D eigenvalue weighted by Gasteiger charge is -2.17. The van der Waals surface area contributed by atoms with Gasteiger partial charge in [0.15, 0.2) is 5.78 Å². The van der Waals surface area contributed by atoms with Gasteiger partial charge in [-0.15, -0.1) is 0 Å². The van der Waals surface area contributed by atoms with Gasteiger partial charge in [0.05, 0.1) is 17.7 Å². The quantitative estimate of drug-likeness (QED) is 0.386. The maximum atomic E-state index is 12.5. The highest BCUT2D eigenvalue weighted by molar-refractivity contribution is 6.26. The Kier molecular flexibility index (Phi) is 4.91. The number of ketones is 1. The molecule has 0 bridgehead atoms. The molecular formula is C17H21NO3. The number of nitrogens with one attached hydrogen (secondary N) is 1. The van der Waals surface area contributed by atoms with Crippen molar-refractivity contribution >= 4 is 11.7 Å². The SMILES string of the molecule is C/C=C(/C(=O)NC1CCC[C@@H]1O)C(=O)c1ccccc1C. The summed E-state index contributed by atoms with van der Waals surface area (Å²) in [5.74, 6) is -0.683. The fourth-order valence-corrected chi connectivity index (χ4v) is 2.69. The molecule has 0 heterocycles. The van der Waals surface area contributed by atoms with Crippen LogP contribution in [0.4, 0.5) is 0 Å². The highest BCUT2D eigenvalue weighted by atomic mass is 16.3. The van der Waals surface area contributed by atoms with Gasteiger partial charge in [-0.05, 0) is 38.7 Å². The van der Waals surface area contributed by atoms with Crippen molar-refractivity contribution in [3.8, 4) is 0 Å². The molecule has 1 saturated carbocycles. The Morgan fingerprint density at radius 3 is 2.57 bits per heavy atom. The van der Waals surface area contributed by atoms with Gasteiger partial charge in [0, 0.05) is 5.56 Å². The van der Waals surface area contributed by atoms with E-state index in [1.54, 1.807) is 19.1 Å². The molecule has 4 heteroatoms. The second-order valence-electron chi connectivity index (χ2n) is 5.42. The van der Waals surface area contributed by atoms with Crippen molar-refractivity contribution in [2.24, 2.45) is 0 Å². The van der Waals surface area contributed by atoms with Crippen molar-refractivity contribution in [2.45, 2.75) is 45.3 Å². The van der Waals surface area contributed by atoms with Crippen LogP contribution in [0.25, 0.3) is 0 Å². The van der Waals surface area contributed by atoms with Crippen molar-refractivity contribution in [1.82, 2.24) is 5.32 Å². The van der Waals surface area contributed by atoms with Gasteiger partial charge < -0.3 is 10.4 Å². The largest absolute Gasteiger partial charge is 0.391 e. The van der Waals surface area contributed by atoms with Crippen LogP contribution >= 0.6 is 0 Å². The molecule has 21 heavy (non-hydrogen) atoms. The molecule has 0 radical (unpaired) electrons. The number of Topliss-reactive ketones (excluding diaryl/α,β-unsaturated/α-hetero) is 1. The minimum atomic E-state index is -0.513. The van der Waals surface area contributed by atoms with E-state index in [0.29, 0.717) is 12.0 Å². The van der Waals surface area contributed by atoms with Gasteiger partial charge in [-0.25, -0.2) is 0 Å². The van der Waals surface area contributed by atoms with E-state index in [1.807, 2.05) is 19.1 Å². The average Bonchev–Trinajstić information content (AvgIpc) is 2.85. The lowest BCUT2D eigenvalue weighted by molar-refractivity contribution is -0.118. The molecule has 2 atom stereocenters. The highest BCUT2D eigenvalue weighted by Gasteiger charge is 2.29. The number of hydrogen-bond acceptors (Lipinski definition) is 3. The first-order chi connectivity index (χ1) is 10.0. The normalized spacial score (nSPS) is 22.1. The zero-order valence-corrected chi connectivity index (χ0v) is 12.4. The monoisotopic (exact) mass is 287 g/mol. The standard InChI is InChI=1S/C17H21NO3/c1-3-12(16(20)13-8-5-4-7-11(13)2)17(21)18-14-9-6-10-15(14)19/h3-5,7-8,14-15,19H,6,9-10H2,1-2H3,(H,18,21)/b12-3+/t14?,15-/m0/s1. The van der Waals surface area contributed by atoms with Crippen LogP contribution in [0.5, 0.6) is 0 Å². The number of aryl methyl sites for hydroxylation is 1. The average molecular weight is 287 g/mol. The first-order valence-electron chi connectivity index (χ1n) is 7.30. The molecule has 1 aliphatic rings. The zero-order valence-electron chi connectivity index (χ0n) is 12.4. The third kappa shape index (κ3) is 3.39. The van der Waals surface area contributed by atoms with E-state index in [1.165, 1.54) is 6.08 Å². The Balaban J connectivity index is 2.14. The Morgan fingerprint density at radius 2 is 2.00 bits per heavy atom. The Morgan fingerprint density at radius 1 is 1.29 bits per heavy atom. The molecule has 1 fully saturated rings. The van der Waals surface area contributed by atoms with E-state index in [0.717, 1.165) is 18.4 Å².